The monoisotopic (exact) mass is 452 g/mol. The van der Waals surface area contributed by atoms with E-state index in [9.17, 15) is 20.1 Å². The van der Waals surface area contributed by atoms with Gasteiger partial charge in [0, 0.05) is 11.3 Å². The molecular weight excluding hydrogens is 428 g/mol. The number of nitriles is 2. The van der Waals surface area contributed by atoms with Crippen LogP contribution in [0, 0.1) is 29.6 Å². The maximum Gasteiger partial charge on any atom is 0.348 e. The van der Waals surface area contributed by atoms with Gasteiger partial charge in [0.2, 0.25) is 0 Å². The zero-order chi connectivity index (χ0) is 23.7. The summed E-state index contributed by atoms with van der Waals surface area (Å²) < 4.78 is 16.1. The van der Waals surface area contributed by atoms with E-state index in [1.165, 1.54) is 6.08 Å². The molecule has 0 saturated carbocycles. The highest BCUT2D eigenvalue weighted by Crippen LogP contribution is 2.31. The number of benzene rings is 1. The first-order chi connectivity index (χ1) is 15.4. The van der Waals surface area contributed by atoms with Crippen molar-refractivity contribution in [2.24, 2.45) is 0 Å². The number of esters is 1. The molecule has 0 bridgehead atoms. The summed E-state index contributed by atoms with van der Waals surface area (Å²) >= 11 is 1.05. The Morgan fingerprint density at radius 3 is 2.34 bits per heavy atom. The largest absolute Gasteiger partial charge is 0.490 e. The van der Waals surface area contributed by atoms with Gasteiger partial charge in [0.25, 0.3) is 0 Å². The van der Waals surface area contributed by atoms with Gasteiger partial charge in [0.1, 0.15) is 17.0 Å². The van der Waals surface area contributed by atoms with Gasteiger partial charge in [-0.05, 0) is 57.0 Å². The van der Waals surface area contributed by atoms with Gasteiger partial charge in [-0.15, -0.1) is 11.3 Å². The van der Waals surface area contributed by atoms with Gasteiger partial charge in [0.05, 0.1) is 31.0 Å². The third-order valence-electron chi connectivity index (χ3n) is 4.41. The zero-order valence-electron chi connectivity index (χ0n) is 18.5. The molecule has 0 N–H and O–H groups in total. The topological polar surface area (TPSA) is 109 Å². The highest BCUT2D eigenvalue weighted by atomic mass is 32.1. The molecule has 32 heavy (non-hydrogen) atoms. The number of nitrogens with zero attached hydrogens (tertiary/aromatic N) is 2. The molecule has 0 fully saturated rings. The number of allylic oxidation sites excluding steroid dienone is 1. The molecule has 166 valence electrons. The van der Waals surface area contributed by atoms with E-state index in [2.05, 4.69) is 6.07 Å². The van der Waals surface area contributed by atoms with Gasteiger partial charge in [-0.2, -0.15) is 10.5 Å². The summed E-state index contributed by atoms with van der Waals surface area (Å²) in [4.78, 5) is 25.7. The molecule has 0 aliphatic heterocycles. The second-order valence-corrected chi connectivity index (χ2v) is 7.63. The van der Waals surface area contributed by atoms with E-state index in [0.29, 0.717) is 45.6 Å². The van der Waals surface area contributed by atoms with Crippen molar-refractivity contribution in [2.75, 3.05) is 19.8 Å². The SMILES string of the molecule is CCOC(=O)c1sc(CC(=O)/C(C#N)=C/c2ccc(OCC)c(OCC)c2)c(C#N)c1C. The van der Waals surface area contributed by atoms with Crippen LogP contribution < -0.4 is 9.47 Å². The molecule has 0 aliphatic carbocycles. The van der Waals surface area contributed by atoms with Crippen LogP contribution in [0.2, 0.25) is 0 Å². The van der Waals surface area contributed by atoms with Crippen LogP contribution >= 0.6 is 11.3 Å². The highest BCUT2D eigenvalue weighted by molar-refractivity contribution is 7.14. The Hall–Kier alpha value is -3.62. The first-order valence-corrected chi connectivity index (χ1v) is 11.0. The number of ether oxygens (including phenoxy) is 3. The minimum atomic E-state index is -0.529. The first kappa shape index (κ1) is 24.6. The summed E-state index contributed by atoms with van der Waals surface area (Å²) in [6.45, 7) is 8.18. The second kappa shape index (κ2) is 11.7. The van der Waals surface area contributed by atoms with E-state index in [0.717, 1.165) is 11.3 Å². The lowest BCUT2D eigenvalue weighted by Crippen LogP contribution is -2.05. The molecule has 0 saturated heterocycles. The van der Waals surface area contributed by atoms with Gasteiger partial charge in [-0.25, -0.2) is 4.79 Å². The molecule has 0 spiro atoms. The van der Waals surface area contributed by atoms with Crippen LogP contribution in [0.3, 0.4) is 0 Å². The Balaban J connectivity index is 2.35. The minimum absolute atomic E-state index is 0.0655. The van der Waals surface area contributed by atoms with Crippen LogP contribution in [0.5, 0.6) is 11.5 Å². The van der Waals surface area contributed by atoms with E-state index in [1.54, 1.807) is 32.0 Å². The summed E-state index contributed by atoms with van der Waals surface area (Å²) in [5.74, 6) is 0.120. The van der Waals surface area contributed by atoms with Crippen molar-refractivity contribution in [3.05, 3.63) is 50.2 Å². The van der Waals surface area contributed by atoms with E-state index in [1.807, 2.05) is 19.9 Å². The van der Waals surface area contributed by atoms with Gasteiger partial charge in [0.15, 0.2) is 17.3 Å². The van der Waals surface area contributed by atoms with Crippen LogP contribution in [-0.2, 0) is 16.0 Å². The van der Waals surface area contributed by atoms with E-state index in [-0.39, 0.29) is 24.2 Å². The molecule has 0 amide bonds. The van der Waals surface area contributed by atoms with Crippen molar-refractivity contribution >= 4 is 29.2 Å². The first-order valence-electron chi connectivity index (χ1n) is 10.1. The lowest BCUT2D eigenvalue weighted by atomic mass is 10.0. The number of rotatable bonds is 10. The summed E-state index contributed by atoms with van der Waals surface area (Å²) in [6.07, 6.45) is 1.31. The smallest absolute Gasteiger partial charge is 0.348 e. The quantitative estimate of drug-likeness (QED) is 0.294. The summed E-state index contributed by atoms with van der Waals surface area (Å²) in [5, 5.41) is 19.1. The minimum Gasteiger partial charge on any atom is -0.490 e. The van der Waals surface area contributed by atoms with Crippen molar-refractivity contribution in [3.8, 4) is 23.6 Å². The summed E-state index contributed by atoms with van der Waals surface area (Å²) in [5.41, 5.74) is 1.29. The number of carbonyl (C=O) groups excluding carboxylic acids is 2. The van der Waals surface area contributed by atoms with E-state index < -0.39 is 11.8 Å². The van der Waals surface area contributed by atoms with Crippen molar-refractivity contribution in [2.45, 2.75) is 34.1 Å². The van der Waals surface area contributed by atoms with Crippen LogP contribution in [0.15, 0.2) is 23.8 Å². The Morgan fingerprint density at radius 1 is 1.06 bits per heavy atom. The third kappa shape index (κ3) is 5.75. The fourth-order valence-electron chi connectivity index (χ4n) is 2.98. The number of Topliss-reactive ketones (excluding diaryl/α,β-unsaturated/α-hetero) is 1. The fraction of sp³-hybridized carbons (Fsp3) is 0.333. The van der Waals surface area contributed by atoms with Crippen molar-refractivity contribution in [3.63, 3.8) is 0 Å². The molecule has 0 radical (unpaired) electrons. The van der Waals surface area contributed by atoms with Crippen molar-refractivity contribution in [1.82, 2.24) is 0 Å². The third-order valence-corrected chi connectivity index (χ3v) is 5.68. The molecule has 1 aromatic carbocycles. The molecule has 2 rings (SSSR count). The lowest BCUT2D eigenvalue weighted by molar-refractivity contribution is -0.114. The van der Waals surface area contributed by atoms with Crippen LogP contribution in [0.4, 0.5) is 0 Å². The zero-order valence-corrected chi connectivity index (χ0v) is 19.3. The average Bonchev–Trinajstić information content (AvgIpc) is 3.09. The Morgan fingerprint density at radius 2 is 1.75 bits per heavy atom. The Bertz CT molecular complexity index is 1120. The number of hydrogen-bond acceptors (Lipinski definition) is 8. The Labute approximate surface area is 191 Å². The number of hydrogen-bond donors (Lipinski definition) is 0. The molecule has 0 unspecified atom stereocenters. The lowest BCUT2D eigenvalue weighted by Gasteiger charge is -2.11. The molecular formula is C24H24N2O5S. The predicted octanol–water partition coefficient (Wildman–Crippen LogP) is 4.62. The second-order valence-electron chi connectivity index (χ2n) is 6.53. The predicted molar refractivity (Wildman–Crippen MR) is 121 cm³/mol. The van der Waals surface area contributed by atoms with E-state index >= 15 is 0 Å². The highest BCUT2D eigenvalue weighted by Gasteiger charge is 2.23. The van der Waals surface area contributed by atoms with Crippen molar-refractivity contribution in [1.29, 1.82) is 10.5 Å². The number of thiophene rings is 1. The fourth-order valence-corrected chi connectivity index (χ4v) is 4.12. The van der Waals surface area contributed by atoms with Crippen LogP contribution in [-0.4, -0.2) is 31.6 Å². The van der Waals surface area contributed by atoms with Gasteiger partial charge < -0.3 is 14.2 Å². The number of carbonyl (C=O) groups is 2. The summed E-state index contributed by atoms with van der Waals surface area (Å²) in [6, 6.07) is 9.14. The normalized spacial score (nSPS) is 10.8. The van der Waals surface area contributed by atoms with Gasteiger partial charge in [-0.3, -0.25) is 4.79 Å². The number of ketones is 1. The van der Waals surface area contributed by atoms with Gasteiger partial charge in [-0.1, -0.05) is 6.07 Å². The molecule has 7 nitrogen and oxygen atoms in total. The Kier molecular flexibility index (Phi) is 9.00. The molecule has 1 aromatic heterocycles. The standard InChI is InChI=1S/C24H24N2O5S/c1-5-29-20-9-8-16(11-21(20)30-6-2)10-17(13-25)19(27)12-22-18(14-26)15(4)23(32-22)24(28)31-7-3/h8-11H,5-7,12H2,1-4H3/b17-10+. The van der Waals surface area contributed by atoms with Crippen LogP contribution in [0.1, 0.15) is 52.0 Å². The average molecular weight is 453 g/mol. The maximum absolute atomic E-state index is 12.8. The van der Waals surface area contributed by atoms with E-state index in [4.69, 9.17) is 14.2 Å². The summed E-state index contributed by atoms with van der Waals surface area (Å²) in [7, 11) is 0. The van der Waals surface area contributed by atoms with Gasteiger partial charge >= 0.3 is 5.97 Å². The van der Waals surface area contributed by atoms with Crippen LogP contribution in [0.25, 0.3) is 6.08 Å². The maximum atomic E-state index is 12.8. The van der Waals surface area contributed by atoms with Crippen molar-refractivity contribution < 1.29 is 23.8 Å². The molecule has 8 heteroatoms. The molecule has 1 heterocycles. The molecule has 0 aliphatic rings. The molecule has 0 atom stereocenters. The molecule has 2 aromatic rings.